The summed E-state index contributed by atoms with van der Waals surface area (Å²) < 4.78 is 2.16. The number of amides is 1. The molecule has 7 nitrogen and oxygen atoms in total. The Kier molecular flexibility index (Phi) is 5.76. The average molecular weight is 393 g/mol. The molecule has 0 spiro atoms. The fourth-order valence-electron chi connectivity index (χ4n) is 4.01. The molecule has 1 aliphatic heterocycles. The van der Waals surface area contributed by atoms with Gasteiger partial charge in [-0.1, -0.05) is 12.1 Å². The third-order valence-corrected chi connectivity index (χ3v) is 5.79. The molecular weight excluding hydrogens is 364 g/mol. The van der Waals surface area contributed by atoms with E-state index in [0.29, 0.717) is 17.4 Å². The molecule has 7 heteroatoms. The average Bonchev–Trinajstić information content (AvgIpc) is 3.15. The van der Waals surface area contributed by atoms with Crippen LogP contribution in [0.15, 0.2) is 42.9 Å². The van der Waals surface area contributed by atoms with Crippen LogP contribution in [0.4, 0.5) is 5.95 Å². The van der Waals surface area contributed by atoms with E-state index < -0.39 is 0 Å². The maximum atomic E-state index is 11.6. The molecule has 0 aliphatic carbocycles. The zero-order chi connectivity index (χ0) is 20.2. The number of hydrogen-bond donors (Lipinski definition) is 2. The van der Waals surface area contributed by atoms with E-state index in [1.54, 1.807) is 19.4 Å². The van der Waals surface area contributed by atoms with Gasteiger partial charge in [-0.2, -0.15) is 0 Å². The topological polar surface area (TPSA) is 75.1 Å². The number of carbonyl (C=O) groups is 1. The fraction of sp³-hybridized carbons (Fsp3) is 0.409. The standard InChI is InChI=1S/C22H28N6O/c1-23-21(29)18-14-25-22(26-15-18)28-10-6-16(7-11-28)12-24-13-17-4-3-5-20-19(17)8-9-27(20)2/h3-5,8-9,14-16,24H,6-7,10-13H2,1-2H3,(H,23,29). The molecule has 0 unspecified atom stereocenters. The quantitative estimate of drug-likeness (QED) is 0.674. The molecule has 1 amide bonds. The Hall–Kier alpha value is -2.93. The predicted octanol–water partition coefficient (Wildman–Crippen LogP) is 2.33. The van der Waals surface area contributed by atoms with Crippen molar-refractivity contribution in [3.8, 4) is 0 Å². The first-order valence-corrected chi connectivity index (χ1v) is 10.2. The molecule has 29 heavy (non-hydrogen) atoms. The van der Waals surface area contributed by atoms with Gasteiger partial charge in [0.25, 0.3) is 5.91 Å². The summed E-state index contributed by atoms with van der Waals surface area (Å²) >= 11 is 0. The number of aryl methyl sites for hydroxylation is 1. The molecule has 3 heterocycles. The van der Waals surface area contributed by atoms with Crippen molar-refractivity contribution in [3.63, 3.8) is 0 Å². The minimum absolute atomic E-state index is 0.160. The van der Waals surface area contributed by atoms with Gasteiger partial charge in [0.2, 0.25) is 5.95 Å². The van der Waals surface area contributed by atoms with Gasteiger partial charge >= 0.3 is 0 Å². The molecule has 0 bridgehead atoms. The van der Waals surface area contributed by atoms with Crippen molar-refractivity contribution in [1.29, 1.82) is 0 Å². The van der Waals surface area contributed by atoms with Crippen LogP contribution in [-0.4, -0.2) is 47.1 Å². The molecule has 0 saturated carbocycles. The van der Waals surface area contributed by atoms with E-state index in [1.807, 2.05) is 0 Å². The van der Waals surface area contributed by atoms with Gasteiger partial charge in [-0.3, -0.25) is 4.79 Å². The highest BCUT2D eigenvalue weighted by molar-refractivity contribution is 5.93. The smallest absolute Gasteiger partial charge is 0.254 e. The third kappa shape index (κ3) is 4.24. The lowest BCUT2D eigenvalue weighted by Crippen LogP contribution is -2.38. The van der Waals surface area contributed by atoms with Gasteiger partial charge in [0, 0.05) is 63.2 Å². The second-order valence-corrected chi connectivity index (χ2v) is 7.69. The zero-order valence-electron chi connectivity index (χ0n) is 17.1. The molecule has 0 radical (unpaired) electrons. The Bertz CT molecular complexity index is 973. The van der Waals surface area contributed by atoms with Gasteiger partial charge in [-0.15, -0.1) is 0 Å². The van der Waals surface area contributed by atoms with E-state index in [-0.39, 0.29) is 5.91 Å². The van der Waals surface area contributed by atoms with Crippen LogP contribution in [0.3, 0.4) is 0 Å². The lowest BCUT2D eigenvalue weighted by atomic mass is 9.97. The first-order valence-electron chi connectivity index (χ1n) is 10.2. The van der Waals surface area contributed by atoms with Crippen LogP contribution in [0.2, 0.25) is 0 Å². The van der Waals surface area contributed by atoms with Gasteiger partial charge in [0.05, 0.1) is 5.56 Å². The summed E-state index contributed by atoms with van der Waals surface area (Å²) in [6.07, 6.45) is 7.54. The Morgan fingerprint density at radius 2 is 1.93 bits per heavy atom. The molecule has 1 aliphatic rings. The molecule has 1 aromatic carbocycles. The summed E-state index contributed by atoms with van der Waals surface area (Å²) in [7, 11) is 3.69. The molecule has 2 N–H and O–H groups in total. The van der Waals surface area contributed by atoms with Crippen molar-refractivity contribution in [2.45, 2.75) is 19.4 Å². The summed E-state index contributed by atoms with van der Waals surface area (Å²) in [4.78, 5) is 22.5. The highest BCUT2D eigenvalue weighted by atomic mass is 16.1. The third-order valence-electron chi connectivity index (χ3n) is 5.79. The highest BCUT2D eigenvalue weighted by Gasteiger charge is 2.21. The Morgan fingerprint density at radius 3 is 2.66 bits per heavy atom. The van der Waals surface area contributed by atoms with Crippen LogP contribution >= 0.6 is 0 Å². The summed E-state index contributed by atoms with van der Waals surface area (Å²) in [5, 5.41) is 7.57. The van der Waals surface area contributed by atoms with Crippen molar-refractivity contribution in [1.82, 2.24) is 25.2 Å². The second kappa shape index (κ2) is 8.61. The van der Waals surface area contributed by atoms with E-state index >= 15 is 0 Å². The van der Waals surface area contributed by atoms with E-state index in [2.05, 4.69) is 67.6 Å². The SMILES string of the molecule is CNC(=O)c1cnc(N2CCC(CNCc3cccc4c3ccn4C)CC2)nc1. The normalized spacial score (nSPS) is 15.0. The maximum absolute atomic E-state index is 11.6. The lowest BCUT2D eigenvalue weighted by Gasteiger charge is -2.32. The second-order valence-electron chi connectivity index (χ2n) is 7.69. The summed E-state index contributed by atoms with van der Waals surface area (Å²) in [6, 6.07) is 8.70. The summed E-state index contributed by atoms with van der Waals surface area (Å²) in [6.45, 7) is 3.80. The van der Waals surface area contributed by atoms with Crippen molar-refractivity contribution in [2.75, 3.05) is 31.6 Å². The number of benzene rings is 1. The van der Waals surface area contributed by atoms with E-state index in [4.69, 9.17) is 0 Å². The maximum Gasteiger partial charge on any atom is 0.254 e. The van der Waals surface area contributed by atoms with Gasteiger partial charge in [0.15, 0.2) is 0 Å². The van der Waals surface area contributed by atoms with E-state index in [1.165, 1.54) is 16.5 Å². The number of nitrogens with one attached hydrogen (secondary N) is 2. The molecule has 152 valence electrons. The van der Waals surface area contributed by atoms with Crippen LogP contribution in [0.25, 0.3) is 10.9 Å². The molecule has 1 saturated heterocycles. The largest absolute Gasteiger partial charge is 0.355 e. The van der Waals surface area contributed by atoms with Crippen LogP contribution in [0.5, 0.6) is 0 Å². The number of aromatic nitrogens is 3. The number of rotatable bonds is 6. The summed E-state index contributed by atoms with van der Waals surface area (Å²) in [5.41, 5.74) is 3.12. The number of nitrogens with zero attached hydrogens (tertiary/aromatic N) is 4. The minimum Gasteiger partial charge on any atom is -0.355 e. The van der Waals surface area contributed by atoms with Crippen molar-refractivity contribution < 1.29 is 4.79 Å². The molecule has 2 aromatic heterocycles. The Balaban J connectivity index is 1.26. The molecular formula is C22H28N6O. The summed E-state index contributed by atoms with van der Waals surface area (Å²) in [5.74, 6) is 1.21. The van der Waals surface area contributed by atoms with Crippen LogP contribution in [0.1, 0.15) is 28.8 Å². The van der Waals surface area contributed by atoms with Gasteiger partial charge in [-0.05, 0) is 43.0 Å². The minimum atomic E-state index is -0.160. The molecule has 4 rings (SSSR count). The lowest BCUT2D eigenvalue weighted by molar-refractivity contribution is 0.0962. The highest BCUT2D eigenvalue weighted by Crippen LogP contribution is 2.22. The number of hydrogen-bond acceptors (Lipinski definition) is 5. The van der Waals surface area contributed by atoms with Crippen molar-refractivity contribution in [3.05, 3.63) is 54.0 Å². The van der Waals surface area contributed by atoms with E-state index in [0.717, 1.165) is 39.0 Å². The first-order chi connectivity index (χ1) is 14.2. The molecule has 1 fully saturated rings. The number of anilines is 1. The number of carbonyl (C=O) groups excluding carboxylic acids is 1. The van der Waals surface area contributed by atoms with Gasteiger partial charge in [0.1, 0.15) is 0 Å². The van der Waals surface area contributed by atoms with Gasteiger partial charge in [-0.25, -0.2) is 9.97 Å². The van der Waals surface area contributed by atoms with E-state index in [9.17, 15) is 4.79 Å². The first kappa shape index (κ1) is 19.4. The zero-order valence-corrected chi connectivity index (χ0v) is 17.1. The number of fused-ring (bicyclic) bond motifs is 1. The Labute approximate surface area is 171 Å². The van der Waals surface area contributed by atoms with Crippen LogP contribution < -0.4 is 15.5 Å². The molecule has 0 atom stereocenters. The number of piperidine rings is 1. The van der Waals surface area contributed by atoms with Crippen LogP contribution in [-0.2, 0) is 13.6 Å². The van der Waals surface area contributed by atoms with Crippen LogP contribution in [0, 0.1) is 5.92 Å². The van der Waals surface area contributed by atoms with Crippen molar-refractivity contribution in [2.24, 2.45) is 13.0 Å². The Morgan fingerprint density at radius 1 is 1.17 bits per heavy atom. The fourth-order valence-corrected chi connectivity index (χ4v) is 4.01. The molecule has 3 aromatic rings. The van der Waals surface area contributed by atoms with Gasteiger partial charge < -0.3 is 20.1 Å². The van der Waals surface area contributed by atoms with Crippen molar-refractivity contribution >= 4 is 22.8 Å². The monoisotopic (exact) mass is 392 g/mol. The predicted molar refractivity (Wildman–Crippen MR) is 115 cm³/mol.